The average molecular weight is 423 g/mol. The highest BCUT2D eigenvalue weighted by Gasteiger charge is 2.25. The molecule has 30 heavy (non-hydrogen) atoms. The molecular formula is C24H26N2O3S. The normalized spacial score (nSPS) is 13.6. The molecule has 3 aromatic rings. The Hall–Kier alpha value is -2.96. The van der Waals surface area contributed by atoms with Gasteiger partial charge in [-0.15, -0.1) is 0 Å². The van der Waals surface area contributed by atoms with Crippen LogP contribution < -0.4 is 4.72 Å². The van der Waals surface area contributed by atoms with E-state index in [9.17, 15) is 13.6 Å². The number of hydroxylamine groups is 1. The number of rotatable bonds is 7. The molecule has 1 unspecified atom stereocenters. The quantitative estimate of drug-likeness (QED) is 0.266. The molecule has 0 amide bonds. The minimum Gasteiger partial charge on any atom is -0.623 e. The molecule has 0 spiro atoms. The number of hydrogen-bond acceptors (Lipinski definition) is 3. The lowest BCUT2D eigenvalue weighted by atomic mass is 10.0. The highest BCUT2D eigenvalue weighted by atomic mass is 32.2. The van der Waals surface area contributed by atoms with Crippen molar-refractivity contribution in [1.29, 1.82) is 0 Å². The van der Waals surface area contributed by atoms with E-state index in [1.165, 1.54) is 0 Å². The van der Waals surface area contributed by atoms with Crippen molar-refractivity contribution in [2.45, 2.75) is 31.7 Å². The lowest BCUT2D eigenvalue weighted by Gasteiger charge is -2.20. The summed E-state index contributed by atoms with van der Waals surface area (Å²) in [7, 11) is -3.74. The Morgan fingerprint density at radius 3 is 2.00 bits per heavy atom. The maximum Gasteiger partial charge on any atom is 0.240 e. The van der Waals surface area contributed by atoms with Gasteiger partial charge in [0.25, 0.3) is 0 Å². The molecule has 0 heterocycles. The van der Waals surface area contributed by atoms with Gasteiger partial charge in [-0.1, -0.05) is 65.7 Å². The molecule has 0 aliphatic heterocycles. The van der Waals surface area contributed by atoms with Crippen LogP contribution >= 0.6 is 0 Å². The van der Waals surface area contributed by atoms with Gasteiger partial charge in [-0.25, -0.2) is 17.9 Å². The van der Waals surface area contributed by atoms with Crippen molar-refractivity contribution in [3.8, 4) is 0 Å². The van der Waals surface area contributed by atoms with Crippen molar-refractivity contribution >= 4 is 15.7 Å². The fourth-order valence-corrected chi connectivity index (χ4v) is 4.19. The largest absolute Gasteiger partial charge is 0.623 e. The van der Waals surface area contributed by atoms with Gasteiger partial charge in [-0.2, -0.15) is 0 Å². The first-order valence-electron chi connectivity index (χ1n) is 9.76. The zero-order chi connectivity index (χ0) is 21.7. The van der Waals surface area contributed by atoms with Gasteiger partial charge >= 0.3 is 0 Å². The van der Waals surface area contributed by atoms with E-state index in [1.54, 1.807) is 31.2 Å². The van der Waals surface area contributed by atoms with E-state index in [2.05, 4.69) is 4.72 Å². The van der Waals surface area contributed by atoms with Gasteiger partial charge in [0.15, 0.2) is 5.71 Å². The third-order valence-electron chi connectivity index (χ3n) is 5.07. The van der Waals surface area contributed by atoms with Crippen LogP contribution in [0.2, 0.25) is 0 Å². The Balaban J connectivity index is 1.94. The van der Waals surface area contributed by atoms with Crippen molar-refractivity contribution in [1.82, 2.24) is 4.72 Å². The smallest absolute Gasteiger partial charge is 0.240 e. The number of nitrogens with one attached hydrogen (secondary N) is 1. The minimum atomic E-state index is -3.74. The van der Waals surface area contributed by atoms with Gasteiger partial charge in [0.05, 0.1) is 11.4 Å². The molecule has 3 aromatic carbocycles. The molecular weight excluding hydrogens is 396 g/mol. The van der Waals surface area contributed by atoms with Gasteiger partial charge in [0.2, 0.25) is 16.1 Å². The standard InChI is InChI=1S/C24H26N2O3S/c1-18-9-13-22(14-10-18)24(26(27)20(3)21-7-5-4-6-8-21)17-25-30(28,29)23-15-11-19(2)12-16-23/h4-16,24-25H,17H2,1-3H3/b26-20-. The van der Waals surface area contributed by atoms with E-state index in [0.717, 1.165) is 27.0 Å². The summed E-state index contributed by atoms with van der Waals surface area (Å²) in [5, 5.41) is 13.3. The molecule has 156 valence electrons. The number of aryl methyl sites for hydroxylation is 2. The molecule has 6 heteroatoms. The summed E-state index contributed by atoms with van der Waals surface area (Å²) in [6.45, 7) is 5.56. The summed E-state index contributed by atoms with van der Waals surface area (Å²) in [4.78, 5) is 0.178. The zero-order valence-electron chi connectivity index (χ0n) is 17.4. The van der Waals surface area contributed by atoms with E-state index in [-0.39, 0.29) is 11.4 Å². The molecule has 0 aromatic heterocycles. The van der Waals surface area contributed by atoms with Crippen molar-refractivity contribution in [3.63, 3.8) is 0 Å². The van der Waals surface area contributed by atoms with Crippen LogP contribution in [-0.4, -0.2) is 25.4 Å². The third-order valence-corrected chi connectivity index (χ3v) is 6.50. The molecule has 1 N–H and O–H groups in total. The Morgan fingerprint density at radius 1 is 0.900 bits per heavy atom. The first kappa shape index (κ1) is 21.7. The van der Waals surface area contributed by atoms with Crippen molar-refractivity contribution < 1.29 is 13.2 Å². The van der Waals surface area contributed by atoms with Crippen molar-refractivity contribution in [2.75, 3.05) is 6.54 Å². The predicted molar refractivity (Wildman–Crippen MR) is 120 cm³/mol. The van der Waals surface area contributed by atoms with Gasteiger partial charge in [0, 0.05) is 18.1 Å². The van der Waals surface area contributed by atoms with E-state index in [4.69, 9.17) is 0 Å². The van der Waals surface area contributed by atoms with Crippen LogP contribution in [0.25, 0.3) is 0 Å². The Labute approximate surface area is 178 Å². The van der Waals surface area contributed by atoms with Crippen molar-refractivity contribution in [2.24, 2.45) is 0 Å². The van der Waals surface area contributed by atoms with Crippen molar-refractivity contribution in [3.05, 3.63) is 106 Å². The molecule has 3 rings (SSSR count). The Kier molecular flexibility index (Phi) is 6.70. The first-order chi connectivity index (χ1) is 14.3. The van der Waals surface area contributed by atoms with Crippen LogP contribution in [0.5, 0.6) is 0 Å². The van der Waals surface area contributed by atoms with Crippen LogP contribution in [0, 0.1) is 19.1 Å². The Bertz CT molecular complexity index is 1120. The minimum absolute atomic E-state index is 0.0487. The van der Waals surface area contributed by atoms with Crippen LogP contribution in [0.3, 0.4) is 0 Å². The second kappa shape index (κ2) is 9.24. The predicted octanol–water partition coefficient (Wildman–Crippen LogP) is 4.34. The summed E-state index contributed by atoms with van der Waals surface area (Å²) < 4.78 is 29.0. The van der Waals surface area contributed by atoms with E-state index < -0.39 is 16.1 Å². The van der Waals surface area contributed by atoms with E-state index >= 15 is 0 Å². The summed E-state index contributed by atoms with van der Waals surface area (Å²) in [6.07, 6.45) is 0. The fraction of sp³-hybridized carbons (Fsp3) is 0.208. The second-order valence-electron chi connectivity index (χ2n) is 7.37. The molecule has 1 atom stereocenters. The van der Waals surface area contributed by atoms with Gasteiger partial charge in [0.1, 0.15) is 0 Å². The molecule has 0 bridgehead atoms. The highest BCUT2D eigenvalue weighted by molar-refractivity contribution is 7.89. The maximum atomic E-state index is 13.3. The Morgan fingerprint density at radius 2 is 1.43 bits per heavy atom. The fourth-order valence-electron chi connectivity index (χ4n) is 3.15. The molecule has 0 fully saturated rings. The number of benzene rings is 3. The molecule has 5 nitrogen and oxygen atoms in total. The topological polar surface area (TPSA) is 72.2 Å². The maximum absolute atomic E-state index is 13.3. The lowest BCUT2D eigenvalue weighted by Crippen LogP contribution is -2.34. The van der Waals surface area contributed by atoms with Gasteiger partial charge in [-0.3, -0.25) is 0 Å². The third kappa shape index (κ3) is 5.14. The van der Waals surface area contributed by atoms with Gasteiger partial charge < -0.3 is 5.21 Å². The molecule has 0 aliphatic rings. The molecule has 0 saturated heterocycles. The molecule has 0 aliphatic carbocycles. The highest BCUT2D eigenvalue weighted by Crippen LogP contribution is 2.20. The van der Waals surface area contributed by atoms with Gasteiger partial charge in [-0.05, 0) is 38.1 Å². The van der Waals surface area contributed by atoms with E-state index in [0.29, 0.717) is 5.71 Å². The van der Waals surface area contributed by atoms with Crippen LogP contribution in [0.4, 0.5) is 0 Å². The summed E-state index contributed by atoms with van der Waals surface area (Å²) in [6, 6.07) is 22.8. The van der Waals surface area contributed by atoms with Crippen LogP contribution in [0.1, 0.15) is 35.2 Å². The van der Waals surface area contributed by atoms with Crippen LogP contribution in [-0.2, 0) is 10.0 Å². The van der Waals surface area contributed by atoms with E-state index in [1.807, 2.05) is 68.4 Å². The summed E-state index contributed by atoms with van der Waals surface area (Å²) in [5.41, 5.74) is 4.11. The second-order valence-corrected chi connectivity index (χ2v) is 9.14. The number of sulfonamides is 1. The van der Waals surface area contributed by atoms with Crippen LogP contribution in [0.15, 0.2) is 83.8 Å². The SMILES string of the molecule is C/C(c1ccccc1)=[N+](/[O-])C(CNS(=O)(=O)c1ccc(C)cc1)c1ccc(C)cc1. The summed E-state index contributed by atoms with van der Waals surface area (Å²) in [5.74, 6) is 0. The number of nitrogens with zero attached hydrogens (tertiary/aromatic N) is 1. The first-order valence-corrected chi connectivity index (χ1v) is 11.2. The summed E-state index contributed by atoms with van der Waals surface area (Å²) >= 11 is 0. The lowest BCUT2D eigenvalue weighted by molar-refractivity contribution is -0.505. The molecule has 0 saturated carbocycles. The zero-order valence-corrected chi connectivity index (χ0v) is 18.2. The average Bonchev–Trinajstić information content (AvgIpc) is 2.75. The monoisotopic (exact) mass is 422 g/mol. The number of hydrogen-bond donors (Lipinski definition) is 1. The molecule has 0 radical (unpaired) electrons.